The summed E-state index contributed by atoms with van der Waals surface area (Å²) in [6, 6.07) is 9.88. The van der Waals surface area contributed by atoms with Crippen LogP contribution in [0.4, 0.5) is 0 Å². The number of nitrogens with zero attached hydrogens (tertiary/aromatic N) is 1. The van der Waals surface area contributed by atoms with Gasteiger partial charge in [-0.3, -0.25) is 4.98 Å². The first-order valence-electron chi connectivity index (χ1n) is 5.58. The quantitative estimate of drug-likeness (QED) is 0.948. The Morgan fingerprint density at radius 2 is 1.83 bits per heavy atom. The van der Waals surface area contributed by atoms with Gasteiger partial charge in [0.05, 0.1) is 18.8 Å². The maximum Gasteiger partial charge on any atom is 0.137 e. The van der Waals surface area contributed by atoms with Crippen LogP contribution in [0.2, 0.25) is 0 Å². The molecule has 18 heavy (non-hydrogen) atoms. The molecule has 0 aliphatic rings. The summed E-state index contributed by atoms with van der Waals surface area (Å²) in [4.78, 5) is 4.15. The molecule has 0 bridgehead atoms. The van der Waals surface area contributed by atoms with E-state index in [1.54, 1.807) is 19.5 Å². The van der Waals surface area contributed by atoms with Gasteiger partial charge < -0.3 is 10.5 Å². The molecule has 0 amide bonds. The van der Waals surface area contributed by atoms with Crippen molar-refractivity contribution in [3.8, 4) is 5.75 Å². The van der Waals surface area contributed by atoms with Crippen molar-refractivity contribution < 1.29 is 4.74 Å². The fourth-order valence-electron chi connectivity index (χ4n) is 1.78. The third kappa shape index (κ3) is 2.54. The molecule has 1 unspecified atom stereocenters. The fraction of sp³-hybridized carbons (Fsp3) is 0.214. The minimum atomic E-state index is -0.595. The minimum absolute atomic E-state index is 0.595. The SMILES string of the molecule is COc1cncc(C(C)(N)c2ccc(Br)cc2)c1. The molecular formula is C14H15BrN2O. The van der Waals surface area contributed by atoms with Gasteiger partial charge in [-0.1, -0.05) is 28.1 Å². The first-order chi connectivity index (χ1) is 8.54. The minimum Gasteiger partial charge on any atom is -0.495 e. The van der Waals surface area contributed by atoms with E-state index in [-0.39, 0.29) is 0 Å². The summed E-state index contributed by atoms with van der Waals surface area (Å²) < 4.78 is 6.21. The second kappa shape index (κ2) is 5.08. The van der Waals surface area contributed by atoms with E-state index in [4.69, 9.17) is 10.5 Å². The van der Waals surface area contributed by atoms with Crippen molar-refractivity contribution in [3.05, 3.63) is 58.3 Å². The lowest BCUT2D eigenvalue weighted by Gasteiger charge is -2.26. The number of benzene rings is 1. The maximum atomic E-state index is 6.42. The highest BCUT2D eigenvalue weighted by molar-refractivity contribution is 9.10. The first kappa shape index (κ1) is 13.1. The van der Waals surface area contributed by atoms with Crippen LogP contribution in [0, 0.1) is 0 Å². The Morgan fingerprint density at radius 3 is 2.44 bits per heavy atom. The van der Waals surface area contributed by atoms with Crippen LogP contribution in [0.5, 0.6) is 5.75 Å². The van der Waals surface area contributed by atoms with Crippen molar-refractivity contribution in [1.82, 2.24) is 4.98 Å². The van der Waals surface area contributed by atoms with Gasteiger partial charge in [-0.25, -0.2) is 0 Å². The zero-order valence-electron chi connectivity index (χ0n) is 10.4. The molecule has 0 aliphatic heterocycles. The normalized spacial score (nSPS) is 14.0. The average Bonchev–Trinajstić information content (AvgIpc) is 2.39. The van der Waals surface area contributed by atoms with Crippen LogP contribution in [0.15, 0.2) is 47.2 Å². The van der Waals surface area contributed by atoms with Gasteiger partial charge in [-0.05, 0) is 36.2 Å². The second-order valence-corrected chi connectivity index (χ2v) is 5.24. The molecule has 94 valence electrons. The molecule has 0 radical (unpaired) electrons. The lowest BCUT2D eigenvalue weighted by Crippen LogP contribution is -2.34. The van der Waals surface area contributed by atoms with Gasteiger partial charge in [-0.15, -0.1) is 0 Å². The molecule has 1 atom stereocenters. The van der Waals surface area contributed by atoms with E-state index in [0.717, 1.165) is 15.6 Å². The van der Waals surface area contributed by atoms with Crippen LogP contribution in [0.25, 0.3) is 0 Å². The predicted octanol–water partition coefficient (Wildman–Crippen LogP) is 3.07. The van der Waals surface area contributed by atoms with Crippen molar-refractivity contribution >= 4 is 15.9 Å². The Labute approximate surface area is 115 Å². The molecule has 4 heteroatoms. The molecule has 0 spiro atoms. The van der Waals surface area contributed by atoms with Gasteiger partial charge in [0.15, 0.2) is 0 Å². The summed E-state index contributed by atoms with van der Waals surface area (Å²) in [7, 11) is 1.62. The van der Waals surface area contributed by atoms with Gasteiger partial charge >= 0.3 is 0 Å². The molecule has 2 rings (SSSR count). The van der Waals surface area contributed by atoms with E-state index in [1.807, 2.05) is 37.3 Å². The summed E-state index contributed by atoms with van der Waals surface area (Å²) in [6.07, 6.45) is 3.44. The van der Waals surface area contributed by atoms with Gasteiger partial charge in [0.1, 0.15) is 5.75 Å². The van der Waals surface area contributed by atoms with Crippen molar-refractivity contribution in [2.24, 2.45) is 5.73 Å². The lowest BCUT2D eigenvalue weighted by atomic mass is 9.87. The van der Waals surface area contributed by atoms with E-state index < -0.39 is 5.54 Å². The topological polar surface area (TPSA) is 48.1 Å². The summed E-state index contributed by atoms with van der Waals surface area (Å²) in [5, 5.41) is 0. The van der Waals surface area contributed by atoms with E-state index in [9.17, 15) is 0 Å². The summed E-state index contributed by atoms with van der Waals surface area (Å²) in [5.74, 6) is 0.710. The summed E-state index contributed by atoms with van der Waals surface area (Å²) in [5.41, 5.74) is 7.78. The summed E-state index contributed by atoms with van der Waals surface area (Å²) in [6.45, 7) is 1.96. The average molecular weight is 307 g/mol. The number of methoxy groups -OCH3 is 1. The second-order valence-electron chi connectivity index (χ2n) is 4.32. The molecule has 1 aromatic heterocycles. The number of hydrogen-bond donors (Lipinski definition) is 1. The van der Waals surface area contributed by atoms with Gasteiger partial charge in [0, 0.05) is 10.7 Å². The third-order valence-electron chi connectivity index (χ3n) is 2.99. The van der Waals surface area contributed by atoms with Crippen LogP contribution in [-0.2, 0) is 5.54 Å². The van der Waals surface area contributed by atoms with Crippen LogP contribution in [0.1, 0.15) is 18.1 Å². The fourth-order valence-corrected chi connectivity index (χ4v) is 2.04. The highest BCUT2D eigenvalue weighted by Gasteiger charge is 2.24. The highest BCUT2D eigenvalue weighted by atomic mass is 79.9. The van der Waals surface area contributed by atoms with Crippen LogP contribution < -0.4 is 10.5 Å². The van der Waals surface area contributed by atoms with Crippen LogP contribution in [-0.4, -0.2) is 12.1 Å². The van der Waals surface area contributed by atoms with E-state index in [0.29, 0.717) is 5.75 Å². The van der Waals surface area contributed by atoms with E-state index in [2.05, 4.69) is 20.9 Å². The first-order valence-corrected chi connectivity index (χ1v) is 6.38. The molecule has 1 heterocycles. The Bertz CT molecular complexity index is 538. The number of hydrogen-bond acceptors (Lipinski definition) is 3. The number of ether oxygens (including phenoxy) is 1. The van der Waals surface area contributed by atoms with Crippen LogP contribution in [0.3, 0.4) is 0 Å². The number of aromatic nitrogens is 1. The number of halogens is 1. The maximum absolute atomic E-state index is 6.42. The number of nitrogens with two attached hydrogens (primary N) is 1. The van der Waals surface area contributed by atoms with Crippen molar-refractivity contribution in [1.29, 1.82) is 0 Å². The lowest BCUT2D eigenvalue weighted by molar-refractivity contribution is 0.410. The highest BCUT2D eigenvalue weighted by Crippen LogP contribution is 2.28. The Morgan fingerprint density at radius 1 is 1.17 bits per heavy atom. The van der Waals surface area contributed by atoms with E-state index in [1.165, 1.54) is 0 Å². The standard InChI is InChI=1S/C14H15BrN2O/c1-14(16,10-3-5-12(15)6-4-10)11-7-13(18-2)9-17-8-11/h3-9H,16H2,1-2H3. The van der Waals surface area contributed by atoms with Crippen molar-refractivity contribution in [3.63, 3.8) is 0 Å². The van der Waals surface area contributed by atoms with Gasteiger partial charge in [0.25, 0.3) is 0 Å². The smallest absolute Gasteiger partial charge is 0.137 e. The van der Waals surface area contributed by atoms with Gasteiger partial charge in [0.2, 0.25) is 0 Å². The molecule has 0 saturated heterocycles. The Kier molecular flexibility index (Phi) is 3.68. The molecule has 2 N–H and O–H groups in total. The van der Waals surface area contributed by atoms with Gasteiger partial charge in [-0.2, -0.15) is 0 Å². The molecule has 0 fully saturated rings. The predicted molar refractivity (Wildman–Crippen MR) is 75.6 cm³/mol. The molecule has 0 saturated carbocycles. The zero-order chi connectivity index (χ0) is 13.2. The largest absolute Gasteiger partial charge is 0.495 e. The molecule has 0 aliphatic carbocycles. The van der Waals surface area contributed by atoms with Crippen molar-refractivity contribution in [2.75, 3.05) is 7.11 Å². The van der Waals surface area contributed by atoms with Crippen molar-refractivity contribution in [2.45, 2.75) is 12.5 Å². The number of pyridine rings is 1. The Hall–Kier alpha value is -1.39. The third-order valence-corrected chi connectivity index (χ3v) is 3.52. The number of rotatable bonds is 3. The van der Waals surface area contributed by atoms with Crippen LogP contribution >= 0.6 is 15.9 Å². The zero-order valence-corrected chi connectivity index (χ0v) is 11.9. The molecule has 2 aromatic rings. The Balaban J connectivity index is 2.43. The molecule has 3 nitrogen and oxygen atoms in total. The monoisotopic (exact) mass is 306 g/mol. The summed E-state index contributed by atoms with van der Waals surface area (Å²) >= 11 is 3.42. The molecular weight excluding hydrogens is 292 g/mol. The molecule has 1 aromatic carbocycles. The van der Waals surface area contributed by atoms with E-state index >= 15 is 0 Å².